The molecule has 0 bridgehead atoms. The van der Waals surface area contributed by atoms with Crippen LogP contribution in [0.3, 0.4) is 0 Å². The van der Waals surface area contributed by atoms with Gasteiger partial charge in [-0.25, -0.2) is 0 Å². The van der Waals surface area contributed by atoms with E-state index in [4.69, 9.17) is 20.6 Å². The summed E-state index contributed by atoms with van der Waals surface area (Å²) in [7, 11) is 1.93. The fourth-order valence-electron chi connectivity index (χ4n) is 1.28. The summed E-state index contributed by atoms with van der Waals surface area (Å²) >= 11 is 0. The third-order valence-corrected chi connectivity index (χ3v) is 4.37. The molecule has 80 valence electrons. The average Bonchev–Trinajstić information content (AvgIpc) is 2.14. The third kappa shape index (κ3) is 6.17. The molecule has 0 saturated carbocycles. The Hall–Kier alpha value is 0.0569. The second-order valence-corrected chi connectivity index (χ2v) is 5.59. The zero-order chi connectivity index (χ0) is 10.1. The van der Waals surface area contributed by atoms with Crippen molar-refractivity contribution in [2.24, 2.45) is 11.1 Å². The van der Waals surface area contributed by atoms with Gasteiger partial charge >= 0.3 is 0 Å². The molecule has 0 aromatic heterocycles. The molecule has 0 aromatic rings. The van der Waals surface area contributed by atoms with Crippen LogP contribution in [0.15, 0.2) is 0 Å². The predicted molar refractivity (Wildman–Crippen MR) is 56.9 cm³/mol. The summed E-state index contributed by atoms with van der Waals surface area (Å²) in [6.07, 6.45) is 3.40. The van der Waals surface area contributed by atoms with E-state index in [9.17, 15) is 0 Å². The molecule has 0 fully saturated rings. The van der Waals surface area contributed by atoms with Crippen LogP contribution in [-0.4, -0.2) is 35.6 Å². The number of hydrogen-bond donors (Lipinski definition) is 2. The molecule has 4 nitrogen and oxygen atoms in total. The molecule has 0 aliphatic rings. The van der Waals surface area contributed by atoms with E-state index in [0.29, 0.717) is 0 Å². The Kier molecular flexibility index (Phi) is 8.68. The number of unbranched alkanes of at least 4 members (excludes halogenated alkanes) is 2. The molecule has 0 spiro atoms. The Labute approximate surface area is 82.3 Å². The smallest absolute Gasteiger partial charge is 0.172 e. The molecule has 0 amide bonds. The maximum Gasteiger partial charge on any atom is 0.172 e. The molecule has 1 unspecified atom stereocenters. The molecular weight excluding hydrogens is 184 g/mol. The normalized spacial score (nSPS) is 13.6. The van der Waals surface area contributed by atoms with Crippen molar-refractivity contribution in [3.63, 3.8) is 0 Å². The van der Waals surface area contributed by atoms with Crippen LogP contribution in [0.5, 0.6) is 0 Å². The van der Waals surface area contributed by atoms with E-state index in [1.807, 2.05) is 0 Å². The van der Waals surface area contributed by atoms with E-state index in [1.165, 1.54) is 0 Å². The van der Waals surface area contributed by atoms with Crippen molar-refractivity contribution in [2.75, 3.05) is 20.8 Å². The SMILES string of the molecule is COC(OC)[SiH](N)CCCCCN. The highest BCUT2D eigenvalue weighted by Gasteiger charge is 2.17. The van der Waals surface area contributed by atoms with E-state index >= 15 is 0 Å². The highest BCUT2D eigenvalue weighted by atomic mass is 28.3. The van der Waals surface area contributed by atoms with Gasteiger partial charge in [0.2, 0.25) is 0 Å². The molecule has 0 heterocycles. The predicted octanol–water partition coefficient (Wildman–Crippen LogP) is -0.0440. The largest absolute Gasteiger partial charge is 0.358 e. The summed E-state index contributed by atoms with van der Waals surface area (Å²) in [5, 5.41) is 5.98. The van der Waals surface area contributed by atoms with Crippen molar-refractivity contribution in [1.82, 2.24) is 0 Å². The number of ether oxygens (including phenoxy) is 2. The van der Waals surface area contributed by atoms with Crippen molar-refractivity contribution in [3.05, 3.63) is 0 Å². The molecule has 0 rings (SSSR count). The van der Waals surface area contributed by atoms with E-state index < -0.39 is 8.96 Å². The average molecular weight is 206 g/mol. The molecule has 4 N–H and O–H groups in total. The molecule has 1 atom stereocenters. The minimum atomic E-state index is -1.35. The first-order chi connectivity index (χ1) is 6.26. The van der Waals surface area contributed by atoms with Gasteiger partial charge in [0.25, 0.3) is 0 Å². The molecule has 0 aliphatic carbocycles. The lowest BCUT2D eigenvalue weighted by Crippen LogP contribution is -2.42. The standard InChI is InChI=1S/C8H22N2O2Si/c1-11-8(12-2)13(10)7-5-3-4-6-9/h8,13H,3-7,9-10H2,1-2H3. The van der Waals surface area contributed by atoms with Gasteiger partial charge in [0.05, 0.1) is 0 Å². The van der Waals surface area contributed by atoms with Gasteiger partial charge < -0.3 is 20.6 Å². The van der Waals surface area contributed by atoms with Crippen LogP contribution >= 0.6 is 0 Å². The van der Waals surface area contributed by atoms with Gasteiger partial charge in [-0.1, -0.05) is 12.8 Å². The van der Waals surface area contributed by atoms with Gasteiger partial charge in [0.1, 0.15) is 0 Å². The van der Waals surface area contributed by atoms with E-state index in [0.717, 1.165) is 31.9 Å². The summed E-state index contributed by atoms with van der Waals surface area (Å²) < 4.78 is 10.2. The third-order valence-electron chi connectivity index (χ3n) is 2.06. The van der Waals surface area contributed by atoms with Gasteiger partial charge in [-0.3, -0.25) is 0 Å². The van der Waals surface area contributed by atoms with Gasteiger partial charge in [-0.05, 0) is 19.0 Å². The lowest BCUT2D eigenvalue weighted by Gasteiger charge is -2.18. The number of rotatable bonds is 8. The van der Waals surface area contributed by atoms with Crippen molar-refractivity contribution >= 4 is 8.96 Å². The quantitative estimate of drug-likeness (QED) is 0.332. The molecule has 0 radical (unpaired) electrons. The molecular formula is C8H22N2O2Si. The molecule has 0 saturated heterocycles. The van der Waals surface area contributed by atoms with Crippen LogP contribution < -0.4 is 11.1 Å². The second kappa shape index (κ2) is 8.65. The topological polar surface area (TPSA) is 70.5 Å². The Morgan fingerprint density at radius 2 is 1.77 bits per heavy atom. The van der Waals surface area contributed by atoms with Crippen LogP contribution in [0.1, 0.15) is 19.3 Å². The van der Waals surface area contributed by atoms with Crippen LogP contribution in [0.25, 0.3) is 0 Å². The minimum absolute atomic E-state index is 0.141. The van der Waals surface area contributed by atoms with E-state index in [1.54, 1.807) is 14.2 Å². The molecule has 5 heteroatoms. The monoisotopic (exact) mass is 206 g/mol. The molecule has 13 heavy (non-hydrogen) atoms. The Balaban J connectivity index is 3.42. The number of hydrogen-bond acceptors (Lipinski definition) is 4. The Morgan fingerprint density at radius 1 is 1.15 bits per heavy atom. The minimum Gasteiger partial charge on any atom is -0.358 e. The zero-order valence-corrected chi connectivity index (χ0v) is 9.82. The van der Waals surface area contributed by atoms with Gasteiger partial charge in [0, 0.05) is 14.2 Å². The summed E-state index contributed by atoms with van der Waals surface area (Å²) in [5.41, 5.74) is 5.39. The number of nitrogens with two attached hydrogens (primary N) is 2. The Bertz CT molecular complexity index is 112. The van der Waals surface area contributed by atoms with Crippen molar-refractivity contribution in [1.29, 1.82) is 0 Å². The number of methoxy groups -OCH3 is 2. The molecule has 0 aliphatic heterocycles. The van der Waals surface area contributed by atoms with Crippen LogP contribution in [-0.2, 0) is 9.47 Å². The summed E-state index contributed by atoms with van der Waals surface area (Å²) in [4.78, 5) is 0. The first-order valence-corrected chi connectivity index (χ1v) is 6.92. The maximum atomic E-state index is 5.98. The first kappa shape index (κ1) is 13.1. The van der Waals surface area contributed by atoms with Crippen LogP contribution in [0.2, 0.25) is 6.04 Å². The van der Waals surface area contributed by atoms with Gasteiger partial charge in [-0.2, -0.15) is 0 Å². The lowest BCUT2D eigenvalue weighted by atomic mass is 10.2. The lowest BCUT2D eigenvalue weighted by molar-refractivity contribution is -0.0475. The van der Waals surface area contributed by atoms with Crippen LogP contribution in [0.4, 0.5) is 0 Å². The fourth-order valence-corrected chi connectivity index (χ4v) is 3.01. The summed E-state index contributed by atoms with van der Waals surface area (Å²) in [6, 6.07) is 1.06. The second-order valence-electron chi connectivity index (χ2n) is 3.14. The van der Waals surface area contributed by atoms with Crippen molar-refractivity contribution in [2.45, 2.75) is 31.2 Å². The van der Waals surface area contributed by atoms with Gasteiger partial charge in [0.15, 0.2) is 14.9 Å². The molecule has 0 aromatic carbocycles. The highest BCUT2D eigenvalue weighted by molar-refractivity contribution is 6.56. The van der Waals surface area contributed by atoms with E-state index in [-0.39, 0.29) is 5.91 Å². The maximum absolute atomic E-state index is 5.98. The van der Waals surface area contributed by atoms with Crippen molar-refractivity contribution < 1.29 is 9.47 Å². The van der Waals surface area contributed by atoms with E-state index in [2.05, 4.69) is 0 Å². The summed E-state index contributed by atoms with van der Waals surface area (Å²) in [6.45, 7) is 0.773. The van der Waals surface area contributed by atoms with Crippen LogP contribution in [0, 0.1) is 0 Å². The summed E-state index contributed by atoms with van der Waals surface area (Å²) in [5.74, 6) is -0.141. The highest BCUT2D eigenvalue weighted by Crippen LogP contribution is 2.05. The van der Waals surface area contributed by atoms with Crippen molar-refractivity contribution in [3.8, 4) is 0 Å². The zero-order valence-electron chi connectivity index (χ0n) is 8.66. The van der Waals surface area contributed by atoms with Gasteiger partial charge in [-0.15, -0.1) is 0 Å². The Morgan fingerprint density at radius 3 is 2.23 bits per heavy atom. The first-order valence-electron chi connectivity index (χ1n) is 4.77. The fraction of sp³-hybridized carbons (Fsp3) is 1.00.